The average Bonchev–Trinajstić information content (AvgIpc) is 3.21. The maximum absolute atomic E-state index is 12.6. The largest absolute Gasteiger partial charge is 0.331 e. The van der Waals surface area contributed by atoms with Crippen molar-refractivity contribution in [3.8, 4) is 0 Å². The molecule has 1 fully saturated rings. The minimum absolute atomic E-state index is 0.00746. The summed E-state index contributed by atoms with van der Waals surface area (Å²) in [5, 5.41) is 11.1. The van der Waals surface area contributed by atoms with Gasteiger partial charge in [0.25, 0.3) is 0 Å². The number of aryl methyl sites for hydroxylation is 1. The van der Waals surface area contributed by atoms with Crippen molar-refractivity contribution in [3.63, 3.8) is 0 Å². The van der Waals surface area contributed by atoms with Crippen LogP contribution < -0.4 is 5.32 Å². The molecular weight excluding hydrogens is 352 g/mol. The second kappa shape index (κ2) is 8.31. The van der Waals surface area contributed by atoms with Gasteiger partial charge >= 0.3 is 6.03 Å². The van der Waals surface area contributed by atoms with E-state index in [1.807, 2.05) is 9.47 Å². The molecule has 2 aromatic rings. The average molecular weight is 383 g/mol. The van der Waals surface area contributed by atoms with Crippen LogP contribution in [0.5, 0.6) is 0 Å². The van der Waals surface area contributed by atoms with Gasteiger partial charge in [0.05, 0.1) is 6.54 Å². The molecule has 0 spiro atoms. The second-order valence-corrected chi connectivity index (χ2v) is 8.10. The second-order valence-electron chi connectivity index (χ2n) is 8.10. The fraction of sp³-hybridized carbons (Fsp3) is 0.571. The number of nitrogens with one attached hydrogen (secondary N) is 1. The Morgan fingerprint density at radius 2 is 1.93 bits per heavy atom. The van der Waals surface area contributed by atoms with Crippen molar-refractivity contribution in [3.05, 3.63) is 47.5 Å². The highest BCUT2D eigenvalue weighted by atomic mass is 16.2. The van der Waals surface area contributed by atoms with E-state index in [1.165, 1.54) is 17.5 Å². The molecule has 4 rings (SSSR count). The minimum Gasteiger partial charge on any atom is -0.331 e. The smallest absolute Gasteiger partial charge is 0.317 e. The molecule has 1 N–H and O–H groups in total. The Kier molecular flexibility index (Phi) is 5.62. The van der Waals surface area contributed by atoms with Crippen molar-refractivity contribution in [2.45, 2.75) is 51.7 Å². The molecule has 2 aliphatic rings. The number of hydrogen-bond donors (Lipinski definition) is 1. The molecule has 1 saturated heterocycles. The van der Waals surface area contributed by atoms with Crippen molar-refractivity contribution in [2.24, 2.45) is 0 Å². The summed E-state index contributed by atoms with van der Waals surface area (Å²) in [5.41, 5.74) is 3.00. The zero-order valence-corrected chi connectivity index (χ0v) is 16.8. The van der Waals surface area contributed by atoms with Gasteiger partial charge in [0, 0.05) is 38.3 Å². The number of nitrogens with zero attached hydrogens (tertiary/aromatic N) is 5. The van der Waals surface area contributed by atoms with E-state index >= 15 is 0 Å². The Bertz CT molecular complexity index is 809. The molecule has 7 nitrogen and oxygen atoms in total. The van der Waals surface area contributed by atoms with Crippen molar-refractivity contribution in [1.82, 2.24) is 29.9 Å². The predicted octanol–water partition coefficient (Wildman–Crippen LogP) is 2.24. The zero-order chi connectivity index (χ0) is 19.5. The number of hydrogen-bond acceptors (Lipinski definition) is 4. The van der Waals surface area contributed by atoms with Crippen LogP contribution in [-0.2, 0) is 19.4 Å². The number of carbonyl (C=O) groups is 1. The molecule has 7 heteroatoms. The van der Waals surface area contributed by atoms with Crippen LogP contribution in [0.3, 0.4) is 0 Å². The van der Waals surface area contributed by atoms with Crippen LogP contribution in [0.25, 0.3) is 0 Å². The van der Waals surface area contributed by atoms with Gasteiger partial charge < -0.3 is 14.8 Å². The monoisotopic (exact) mass is 382 g/mol. The first-order valence-electron chi connectivity index (χ1n) is 10.3. The molecule has 2 amide bonds. The number of amides is 2. The summed E-state index contributed by atoms with van der Waals surface area (Å²) >= 11 is 0. The summed E-state index contributed by atoms with van der Waals surface area (Å²) < 4.78 is 1.99. The van der Waals surface area contributed by atoms with Gasteiger partial charge in [-0.3, -0.25) is 4.90 Å². The summed E-state index contributed by atoms with van der Waals surface area (Å²) in [4.78, 5) is 17.0. The lowest BCUT2D eigenvalue weighted by atomic mass is 9.87. The summed E-state index contributed by atoms with van der Waals surface area (Å²) in [7, 11) is 0. The van der Waals surface area contributed by atoms with E-state index in [2.05, 4.69) is 58.5 Å². The molecule has 0 bridgehead atoms. The molecule has 1 atom stereocenters. The minimum atomic E-state index is -0.00746. The summed E-state index contributed by atoms with van der Waals surface area (Å²) in [6.45, 7) is 8.03. The summed E-state index contributed by atoms with van der Waals surface area (Å²) in [5.74, 6) is 0.794. The first-order valence-corrected chi connectivity index (χ1v) is 10.3. The van der Waals surface area contributed by atoms with Gasteiger partial charge in [-0.2, -0.15) is 0 Å². The Balaban J connectivity index is 1.26. The summed E-state index contributed by atoms with van der Waals surface area (Å²) in [6, 6.07) is 9.68. The number of urea groups is 1. The number of aromatic nitrogens is 3. The van der Waals surface area contributed by atoms with E-state index < -0.39 is 0 Å². The van der Waals surface area contributed by atoms with Crippen LogP contribution in [0, 0.1) is 0 Å². The third kappa shape index (κ3) is 4.04. The van der Waals surface area contributed by atoms with Gasteiger partial charge in [-0.05, 0) is 44.2 Å². The Morgan fingerprint density at radius 1 is 1.18 bits per heavy atom. The van der Waals surface area contributed by atoms with Gasteiger partial charge in [-0.25, -0.2) is 4.79 Å². The topological polar surface area (TPSA) is 66.3 Å². The number of carbonyl (C=O) groups excluding carboxylic acids is 1. The number of rotatable bonds is 4. The number of piperazine rings is 1. The molecule has 2 heterocycles. The molecule has 1 unspecified atom stereocenters. The Morgan fingerprint density at radius 3 is 2.68 bits per heavy atom. The maximum atomic E-state index is 12.6. The van der Waals surface area contributed by atoms with E-state index in [-0.39, 0.29) is 12.1 Å². The first-order chi connectivity index (χ1) is 13.6. The van der Waals surface area contributed by atoms with Crippen LogP contribution >= 0.6 is 0 Å². The molecule has 0 saturated carbocycles. The summed E-state index contributed by atoms with van der Waals surface area (Å²) in [6.07, 6.45) is 5.23. The maximum Gasteiger partial charge on any atom is 0.317 e. The van der Waals surface area contributed by atoms with E-state index in [9.17, 15) is 4.79 Å². The van der Waals surface area contributed by atoms with Crippen LogP contribution in [0.2, 0.25) is 0 Å². The molecule has 1 aromatic heterocycles. The van der Waals surface area contributed by atoms with Crippen LogP contribution in [0.15, 0.2) is 30.6 Å². The molecule has 1 aromatic carbocycles. The van der Waals surface area contributed by atoms with Gasteiger partial charge in [-0.15, -0.1) is 10.2 Å². The van der Waals surface area contributed by atoms with E-state index in [4.69, 9.17) is 0 Å². The lowest BCUT2D eigenvalue weighted by Crippen LogP contribution is -2.55. The van der Waals surface area contributed by atoms with Crippen molar-refractivity contribution in [1.29, 1.82) is 0 Å². The quantitative estimate of drug-likeness (QED) is 0.881. The number of benzene rings is 1. The zero-order valence-electron chi connectivity index (χ0n) is 16.8. The molecule has 150 valence electrons. The van der Waals surface area contributed by atoms with E-state index in [1.54, 1.807) is 6.33 Å². The van der Waals surface area contributed by atoms with E-state index in [0.29, 0.717) is 12.6 Å². The van der Waals surface area contributed by atoms with Gasteiger partial charge in [0.2, 0.25) is 0 Å². The SMILES string of the molecule is CC(C)n1cnnc1CNC(=O)N1CCN(C2CCc3ccccc3C2)CC1. The van der Waals surface area contributed by atoms with Crippen LogP contribution in [0.4, 0.5) is 4.79 Å². The highest BCUT2D eigenvalue weighted by Gasteiger charge is 2.28. The number of fused-ring (bicyclic) bond motifs is 1. The fourth-order valence-electron chi connectivity index (χ4n) is 4.37. The third-order valence-electron chi connectivity index (χ3n) is 6.04. The molecule has 1 aliphatic heterocycles. The fourth-order valence-corrected chi connectivity index (χ4v) is 4.37. The highest BCUT2D eigenvalue weighted by Crippen LogP contribution is 2.25. The van der Waals surface area contributed by atoms with Gasteiger partial charge in [0.1, 0.15) is 6.33 Å². The van der Waals surface area contributed by atoms with Crippen LogP contribution in [0.1, 0.15) is 43.3 Å². The molecular formula is C21H30N6O. The molecule has 0 radical (unpaired) electrons. The predicted molar refractivity (Wildman–Crippen MR) is 108 cm³/mol. The van der Waals surface area contributed by atoms with Crippen molar-refractivity contribution in [2.75, 3.05) is 26.2 Å². The first kappa shape index (κ1) is 18.9. The molecule has 28 heavy (non-hydrogen) atoms. The Hall–Kier alpha value is -2.41. The lowest BCUT2D eigenvalue weighted by molar-refractivity contribution is 0.101. The lowest BCUT2D eigenvalue weighted by Gasteiger charge is -2.41. The van der Waals surface area contributed by atoms with Gasteiger partial charge in [-0.1, -0.05) is 24.3 Å². The standard InChI is InChI=1S/C21H30N6O/c1-16(2)27-15-23-24-20(27)14-22-21(28)26-11-9-25(10-12-26)19-8-7-17-5-3-4-6-18(17)13-19/h3-6,15-16,19H,7-14H2,1-2H3,(H,22,28). The van der Waals surface area contributed by atoms with Crippen molar-refractivity contribution >= 4 is 6.03 Å². The van der Waals surface area contributed by atoms with Gasteiger partial charge in [0.15, 0.2) is 5.82 Å². The molecule has 1 aliphatic carbocycles. The Labute approximate surface area is 166 Å². The normalized spacial score (nSPS) is 20.2. The third-order valence-corrected chi connectivity index (χ3v) is 6.04. The highest BCUT2D eigenvalue weighted by molar-refractivity contribution is 5.74. The van der Waals surface area contributed by atoms with E-state index in [0.717, 1.165) is 44.8 Å². The van der Waals surface area contributed by atoms with Crippen LogP contribution in [-0.4, -0.2) is 62.8 Å². The van der Waals surface area contributed by atoms with Crippen molar-refractivity contribution < 1.29 is 4.79 Å².